The molecule has 4 rings (SSSR count). The second-order valence-corrected chi connectivity index (χ2v) is 13.0. The van der Waals surface area contributed by atoms with Gasteiger partial charge in [0.25, 0.3) is 0 Å². The van der Waals surface area contributed by atoms with Gasteiger partial charge in [0, 0.05) is 50.2 Å². The maximum Gasteiger partial charge on any atom is 0.243 e. The first-order valence-electron chi connectivity index (χ1n) is 14.4. The van der Waals surface area contributed by atoms with Crippen molar-refractivity contribution in [3.05, 3.63) is 54.1 Å². The molecule has 2 aromatic rings. The van der Waals surface area contributed by atoms with Crippen LogP contribution in [0.2, 0.25) is 0 Å². The van der Waals surface area contributed by atoms with E-state index in [1.807, 2.05) is 44.2 Å². The Bertz CT molecular complexity index is 1110. The van der Waals surface area contributed by atoms with Crippen molar-refractivity contribution in [2.24, 2.45) is 11.7 Å². The molecule has 4 atom stereocenters. The van der Waals surface area contributed by atoms with Crippen LogP contribution >= 0.6 is 0 Å². The number of aliphatic hydroxyl groups excluding tert-OH is 1. The SMILES string of the molecule is CC(C)CN(C[C@@H](O)[C@@H](N)Cc1ccccc1)S(=O)(=O)c1cc(OC2CCCCO2)cc(OC2CCCCO2)c1. The van der Waals surface area contributed by atoms with E-state index in [2.05, 4.69) is 0 Å². The van der Waals surface area contributed by atoms with Crippen molar-refractivity contribution >= 4 is 10.0 Å². The normalized spacial score (nSPS) is 21.8. The van der Waals surface area contributed by atoms with Gasteiger partial charge in [0.2, 0.25) is 10.0 Å². The van der Waals surface area contributed by atoms with E-state index < -0.39 is 34.7 Å². The average molecular weight is 577 g/mol. The van der Waals surface area contributed by atoms with Gasteiger partial charge in [-0.3, -0.25) is 0 Å². The summed E-state index contributed by atoms with van der Waals surface area (Å²) in [4.78, 5) is 0.0242. The molecule has 0 spiro atoms. The minimum Gasteiger partial charge on any atom is -0.465 e. The van der Waals surface area contributed by atoms with Gasteiger partial charge in [-0.2, -0.15) is 4.31 Å². The summed E-state index contributed by atoms with van der Waals surface area (Å²) in [6.07, 6.45) is 3.83. The van der Waals surface area contributed by atoms with Crippen LogP contribution in [0.1, 0.15) is 57.9 Å². The molecule has 2 aromatic carbocycles. The third-order valence-electron chi connectivity index (χ3n) is 7.07. The first-order valence-corrected chi connectivity index (χ1v) is 15.8. The lowest BCUT2D eigenvalue weighted by molar-refractivity contribution is -0.109. The minimum absolute atomic E-state index is 0.0220. The number of rotatable bonds is 13. The van der Waals surface area contributed by atoms with Crippen LogP contribution in [-0.2, 0) is 25.9 Å². The lowest BCUT2D eigenvalue weighted by Crippen LogP contribution is -2.47. The Labute approximate surface area is 238 Å². The fraction of sp³-hybridized carbons (Fsp3) is 0.600. The molecule has 0 saturated carbocycles. The summed E-state index contributed by atoms with van der Waals surface area (Å²) in [7, 11) is -4.05. The molecular formula is C30H44N2O7S. The standard InChI is InChI=1S/C30H44N2O7S/c1-22(2)20-32(21-28(33)27(31)16-23-10-4-3-5-11-23)40(34,35)26-18-24(38-29-12-6-8-14-36-29)17-25(19-26)39-30-13-7-9-15-37-30/h3-5,10-11,17-19,22,27-30,33H,6-9,12-16,20-21,31H2,1-2H3/t27-,28+,29?,30?/m0/s1. The van der Waals surface area contributed by atoms with Gasteiger partial charge < -0.3 is 29.8 Å². The first kappa shape index (κ1) is 30.7. The fourth-order valence-corrected chi connectivity index (χ4v) is 6.61. The maximum absolute atomic E-state index is 14.1. The number of sulfonamides is 1. The quantitative estimate of drug-likeness (QED) is 0.366. The molecule has 40 heavy (non-hydrogen) atoms. The van der Waals surface area contributed by atoms with Crippen LogP contribution in [-0.4, -0.2) is 68.9 Å². The molecule has 2 heterocycles. The van der Waals surface area contributed by atoms with E-state index in [1.165, 1.54) is 16.4 Å². The van der Waals surface area contributed by atoms with Crippen LogP contribution in [0.25, 0.3) is 0 Å². The van der Waals surface area contributed by atoms with Gasteiger partial charge in [0.1, 0.15) is 11.5 Å². The first-order chi connectivity index (χ1) is 19.2. The van der Waals surface area contributed by atoms with Crippen LogP contribution in [0.5, 0.6) is 11.5 Å². The summed E-state index contributed by atoms with van der Waals surface area (Å²) in [5, 5.41) is 11.0. The molecule has 9 nitrogen and oxygen atoms in total. The van der Waals surface area contributed by atoms with E-state index in [0.29, 0.717) is 31.1 Å². The summed E-state index contributed by atoms with van der Waals surface area (Å²) in [6.45, 7) is 5.17. The number of aliphatic hydroxyl groups is 1. The molecule has 0 aromatic heterocycles. The number of ether oxygens (including phenoxy) is 4. The monoisotopic (exact) mass is 576 g/mol. The number of hydrogen-bond donors (Lipinski definition) is 2. The van der Waals surface area contributed by atoms with Crippen molar-refractivity contribution in [1.82, 2.24) is 4.31 Å². The van der Waals surface area contributed by atoms with Crippen LogP contribution < -0.4 is 15.2 Å². The molecule has 0 amide bonds. The van der Waals surface area contributed by atoms with Gasteiger partial charge in [0.15, 0.2) is 12.6 Å². The van der Waals surface area contributed by atoms with Crippen molar-refractivity contribution < 1.29 is 32.5 Å². The van der Waals surface area contributed by atoms with Crippen LogP contribution in [0.3, 0.4) is 0 Å². The van der Waals surface area contributed by atoms with Crippen LogP contribution in [0.4, 0.5) is 0 Å². The van der Waals surface area contributed by atoms with Crippen LogP contribution in [0, 0.1) is 5.92 Å². The van der Waals surface area contributed by atoms with Crippen molar-refractivity contribution in [3.8, 4) is 11.5 Å². The molecule has 2 saturated heterocycles. The smallest absolute Gasteiger partial charge is 0.243 e. The lowest BCUT2D eigenvalue weighted by atomic mass is 10.0. The van der Waals surface area contributed by atoms with Crippen molar-refractivity contribution in [3.63, 3.8) is 0 Å². The van der Waals surface area contributed by atoms with Gasteiger partial charge in [-0.05, 0) is 43.6 Å². The van der Waals surface area contributed by atoms with Gasteiger partial charge in [-0.15, -0.1) is 0 Å². The molecular weight excluding hydrogens is 532 g/mol. The van der Waals surface area contributed by atoms with E-state index in [1.54, 1.807) is 6.07 Å². The molecule has 2 fully saturated rings. The van der Waals surface area contributed by atoms with Crippen molar-refractivity contribution in [2.75, 3.05) is 26.3 Å². The zero-order valence-electron chi connectivity index (χ0n) is 23.6. The fourth-order valence-electron chi connectivity index (χ4n) is 4.94. The summed E-state index contributed by atoms with van der Waals surface area (Å²) < 4.78 is 53.1. The molecule has 0 bridgehead atoms. The van der Waals surface area contributed by atoms with Crippen LogP contribution in [0.15, 0.2) is 53.4 Å². The second-order valence-electron chi connectivity index (χ2n) is 11.1. The van der Waals surface area contributed by atoms with Gasteiger partial charge in [0.05, 0.1) is 24.2 Å². The zero-order chi connectivity index (χ0) is 28.5. The lowest BCUT2D eigenvalue weighted by Gasteiger charge is -2.29. The number of hydrogen-bond acceptors (Lipinski definition) is 8. The van der Waals surface area contributed by atoms with E-state index in [4.69, 9.17) is 24.7 Å². The Morgan fingerprint density at radius 1 is 0.925 bits per heavy atom. The highest BCUT2D eigenvalue weighted by molar-refractivity contribution is 7.89. The molecule has 222 valence electrons. The third-order valence-corrected chi connectivity index (χ3v) is 8.88. The van der Waals surface area contributed by atoms with Gasteiger partial charge in [-0.25, -0.2) is 8.42 Å². The van der Waals surface area contributed by atoms with E-state index in [-0.39, 0.29) is 23.9 Å². The van der Waals surface area contributed by atoms with Crippen molar-refractivity contribution in [1.29, 1.82) is 0 Å². The van der Waals surface area contributed by atoms with E-state index >= 15 is 0 Å². The maximum atomic E-state index is 14.1. The largest absolute Gasteiger partial charge is 0.465 e. The minimum atomic E-state index is -4.05. The molecule has 2 aliphatic rings. The molecule has 10 heteroatoms. The highest BCUT2D eigenvalue weighted by atomic mass is 32.2. The highest BCUT2D eigenvalue weighted by Crippen LogP contribution is 2.32. The predicted molar refractivity (Wildman–Crippen MR) is 153 cm³/mol. The number of nitrogens with zero attached hydrogens (tertiary/aromatic N) is 1. The Morgan fingerprint density at radius 2 is 1.50 bits per heavy atom. The summed E-state index contributed by atoms with van der Waals surface area (Å²) in [6, 6.07) is 13.7. The Balaban J connectivity index is 1.58. The van der Waals surface area contributed by atoms with E-state index in [9.17, 15) is 13.5 Å². The Kier molecular flexibility index (Phi) is 11.2. The predicted octanol–water partition coefficient (Wildman–Crippen LogP) is 4.08. The van der Waals surface area contributed by atoms with Crippen molar-refractivity contribution in [2.45, 2.75) is 88.4 Å². The summed E-state index contributed by atoms with van der Waals surface area (Å²) in [5.41, 5.74) is 7.31. The van der Waals surface area contributed by atoms with Gasteiger partial charge >= 0.3 is 0 Å². The topological polar surface area (TPSA) is 121 Å². The highest BCUT2D eigenvalue weighted by Gasteiger charge is 2.31. The average Bonchev–Trinajstić information content (AvgIpc) is 2.94. The number of benzene rings is 2. The number of nitrogens with two attached hydrogens (primary N) is 1. The summed E-state index contributed by atoms with van der Waals surface area (Å²) >= 11 is 0. The third kappa shape index (κ3) is 8.89. The zero-order valence-corrected chi connectivity index (χ0v) is 24.4. The molecule has 2 aliphatic heterocycles. The Hall–Kier alpha value is -2.21. The molecule has 3 N–H and O–H groups in total. The molecule has 0 aliphatic carbocycles. The molecule has 2 unspecified atom stereocenters. The van der Waals surface area contributed by atoms with Gasteiger partial charge in [-0.1, -0.05) is 44.2 Å². The Morgan fingerprint density at radius 3 is 2.00 bits per heavy atom. The molecule has 0 radical (unpaired) electrons. The second kappa shape index (κ2) is 14.6. The van der Waals surface area contributed by atoms with E-state index in [0.717, 1.165) is 44.1 Å². The summed E-state index contributed by atoms with van der Waals surface area (Å²) in [5.74, 6) is 0.725.